The summed E-state index contributed by atoms with van der Waals surface area (Å²) < 4.78 is 29.4. The maximum absolute atomic E-state index is 12.6. The van der Waals surface area contributed by atoms with Gasteiger partial charge < -0.3 is 0 Å². The Bertz CT molecular complexity index is 1010. The number of hydrogen-bond acceptors (Lipinski definition) is 3. The second-order valence-electron chi connectivity index (χ2n) is 5.86. The number of sulfonamides is 1. The summed E-state index contributed by atoms with van der Waals surface area (Å²) in [7, 11) is -3.69. The van der Waals surface area contributed by atoms with E-state index >= 15 is 0 Å². The lowest BCUT2D eigenvalue weighted by molar-refractivity contribution is 0.600. The minimum atomic E-state index is -3.69. The molecule has 25 heavy (non-hydrogen) atoms. The molecule has 0 radical (unpaired) electrons. The molecule has 1 N–H and O–H groups in total. The van der Waals surface area contributed by atoms with Crippen LogP contribution in [-0.4, -0.2) is 18.2 Å². The maximum Gasteiger partial charge on any atom is 0.263 e. The van der Waals surface area contributed by atoms with Crippen molar-refractivity contribution in [3.63, 3.8) is 0 Å². The van der Waals surface area contributed by atoms with Crippen molar-refractivity contribution in [3.8, 4) is 0 Å². The van der Waals surface area contributed by atoms with Gasteiger partial charge in [-0.1, -0.05) is 41.9 Å². The number of halogens is 1. The Balaban J connectivity index is 1.81. The Morgan fingerprint density at radius 3 is 2.64 bits per heavy atom. The van der Waals surface area contributed by atoms with Crippen LogP contribution in [0.25, 0.3) is 0 Å². The molecule has 2 aromatic carbocycles. The summed E-state index contributed by atoms with van der Waals surface area (Å²) in [5.74, 6) is 0.271. The van der Waals surface area contributed by atoms with Gasteiger partial charge in [-0.05, 0) is 42.7 Å². The van der Waals surface area contributed by atoms with Crippen LogP contribution in [0.15, 0.2) is 59.6 Å². The highest BCUT2D eigenvalue weighted by Crippen LogP contribution is 2.20. The van der Waals surface area contributed by atoms with Crippen molar-refractivity contribution < 1.29 is 8.42 Å². The van der Waals surface area contributed by atoms with Crippen LogP contribution in [0.2, 0.25) is 5.02 Å². The molecule has 0 spiro atoms. The molecule has 0 saturated heterocycles. The highest BCUT2D eigenvalue weighted by Gasteiger charge is 2.18. The molecule has 0 atom stereocenters. The lowest BCUT2D eigenvalue weighted by atomic mass is 10.2. The van der Waals surface area contributed by atoms with Gasteiger partial charge in [0.1, 0.15) is 0 Å². The van der Waals surface area contributed by atoms with Gasteiger partial charge in [0.15, 0.2) is 5.82 Å². The smallest absolute Gasteiger partial charge is 0.263 e. The minimum absolute atomic E-state index is 0.258. The molecule has 0 aliphatic carbocycles. The van der Waals surface area contributed by atoms with Crippen molar-refractivity contribution in [2.45, 2.75) is 25.3 Å². The van der Waals surface area contributed by atoms with Gasteiger partial charge in [0, 0.05) is 17.3 Å². The molecule has 0 bridgehead atoms. The van der Waals surface area contributed by atoms with Crippen molar-refractivity contribution in [1.29, 1.82) is 0 Å². The van der Waals surface area contributed by atoms with E-state index in [0.717, 1.165) is 11.1 Å². The summed E-state index contributed by atoms with van der Waals surface area (Å²) in [5, 5.41) is 4.93. The highest BCUT2D eigenvalue weighted by atomic mass is 35.5. The van der Waals surface area contributed by atoms with Gasteiger partial charge in [0.05, 0.1) is 11.4 Å². The van der Waals surface area contributed by atoms with Gasteiger partial charge in [-0.2, -0.15) is 5.10 Å². The first-order chi connectivity index (χ1) is 11.8. The Morgan fingerprint density at radius 1 is 1.12 bits per heavy atom. The van der Waals surface area contributed by atoms with Crippen LogP contribution in [0.3, 0.4) is 0 Å². The molecule has 1 aromatic heterocycles. The second kappa shape index (κ2) is 6.90. The average Bonchev–Trinajstić information content (AvgIpc) is 2.98. The van der Waals surface area contributed by atoms with E-state index in [4.69, 9.17) is 11.6 Å². The van der Waals surface area contributed by atoms with E-state index in [1.165, 1.54) is 0 Å². The van der Waals surface area contributed by atoms with Gasteiger partial charge in [0.2, 0.25) is 0 Å². The number of rotatable bonds is 5. The molecule has 0 amide bonds. The fourth-order valence-corrected chi connectivity index (χ4v) is 4.02. The largest absolute Gasteiger partial charge is 0.266 e. The topological polar surface area (TPSA) is 64.0 Å². The summed E-state index contributed by atoms with van der Waals surface area (Å²) in [6.07, 6.45) is 1.71. The first-order valence-electron chi connectivity index (χ1n) is 7.72. The average molecular weight is 376 g/mol. The molecule has 0 saturated carbocycles. The zero-order chi connectivity index (χ0) is 18.0. The summed E-state index contributed by atoms with van der Waals surface area (Å²) in [5.41, 5.74) is 2.49. The first kappa shape index (κ1) is 17.5. The van der Waals surface area contributed by atoms with E-state index in [0.29, 0.717) is 17.1 Å². The number of hydrogen-bond donors (Lipinski definition) is 1. The van der Waals surface area contributed by atoms with E-state index in [1.54, 1.807) is 36.0 Å². The molecular formula is C18H18ClN3O2S. The van der Waals surface area contributed by atoms with Crippen LogP contribution in [0.5, 0.6) is 0 Å². The van der Waals surface area contributed by atoms with Gasteiger partial charge in [-0.25, -0.2) is 8.42 Å². The molecule has 3 rings (SSSR count). The molecule has 0 fully saturated rings. The van der Waals surface area contributed by atoms with E-state index < -0.39 is 10.0 Å². The molecule has 0 aliphatic rings. The zero-order valence-corrected chi connectivity index (χ0v) is 15.5. The summed E-state index contributed by atoms with van der Waals surface area (Å²) in [6.45, 7) is 4.09. The Kier molecular flexibility index (Phi) is 4.83. The van der Waals surface area contributed by atoms with Crippen LogP contribution in [0.1, 0.15) is 16.7 Å². The number of nitrogens with zero attached hydrogens (tertiary/aromatic N) is 2. The molecule has 0 unspecified atom stereocenters. The van der Waals surface area contributed by atoms with E-state index in [9.17, 15) is 8.42 Å². The third kappa shape index (κ3) is 4.03. The van der Waals surface area contributed by atoms with E-state index in [2.05, 4.69) is 9.82 Å². The third-order valence-corrected chi connectivity index (χ3v) is 5.67. The lowest BCUT2D eigenvalue weighted by Gasteiger charge is -2.09. The van der Waals surface area contributed by atoms with E-state index in [-0.39, 0.29) is 10.7 Å². The monoisotopic (exact) mass is 375 g/mol. The van der Waals surface area contributed by atoms with Crippen LogP contribution in [0, 0.1) is 13.8 Å². The standard InChI is InChI=1S/C18H18ClN3O2S/c1-13-7-8-14(2)17(11-13)25(23,24)21-18-9-10-22(20-18)12-15-5-3-4-6-16(15)19/h3-11H,12H2,1-2H3,(H,20,21). The fraction of sp³-hybridized carbons (Fsp3) is 0.167. The molecule has 7 heteroatoms. The van der Waals surface area contributed by atoms with Crippen molar-refractivity contribution >= 4 is 27.4 Å². The Hall–Kier alpha value is -2.31. The van der Waals surface area contributed by atoms with Crippen molar-refractivity contribution in [1.82, 2.24) is 9.78 Å². The van der Waals surface area contributed by atoms with E-state index in [1.807, 2.05) is 37.3 Å². The highest BCUT2D eigenvalue weighted by molar-refractivity contribution is 7.92. The van der Waals surface area contributed by atoms with Crippen LogP contribution < -0.4 is 4.72 Å². The fourth-order valence-electron chi connectivity index (χ4n) is 2.49. The molecular weight excluding hydrogens is 358 g/mol. The molecule has 130 valence electrons. The molecule has 5 nitrogen and oxygen atoms in total. The maximum atomic E-state index is 12.6. The summed E-state index contributed by atoms with van der Waals surface area (Å²) >= 11 is 6.15. The Labute approximate surface area is 152 Å². The molecule has 1 heterocycles. The van der Waals surface area contributed by atoms with Crippen molar-refractivity contribution in [3.05, 3.63) is 76.4 Å². The predicted molar refractivity (Wildman–Crippen MR) is 99.5 cm³/mol. The van der Waals surface area contributed by atoms with Crippen molar-refractivity contribution in [2.75, 3.05) is 4.72 Å². The van der Waals surface area contributed by atoms with Gasteiger partial charge in [-0.15, -0.1) is 0 Å². The molecule has 0 aliphatic heterocycles. The van der Waals surface area contributed by atoms with Crippen molar-refractivity contribution in [2.24, 2.45) is 0 Å². The Morgan fingerprint density at radius 2 is 1.88 bits per heavy atom. The van der Waals surface area contributed by atoms with Crippen LogP contribution in [0.4, 0.5) is 5.82 Å². The first-order valence-corrected chi connectivity index (χ1v) is 9.58. The normalized spacial score (nSPS) is 11.5. The predicted octanol–water partition coefficient (Wildman–Crippen LogP) is 4.00. The van der Waals surface area contributed by atoms with Crippen LogP contribution in [-0.2, 0) is 16.6 Å². The number of nitrogens with one attached hydrogen (secondary N) is 1. The summed E-state index contributed by atoms with van der Waals surface area (Å²) in [4.78, 5) is 0.258. The van der Waals surface area contributed by atoms with Gasteiger partial charge in [0.25, 0.3) is 10.0 Å². The van der Waals surface area contributed by atoms with Gasteiger partial charge in [-0.3, -0.25) is 9.40 Å². The SMILES string of the molecule is Cc1ccc(C)c(S(=O)(=O)Nc2ccn(Cc3ccccc3Cl)n2)c1. The number of aromatic nitrogens is 2. The summed E-state index contributed by atoms with van der Waals surface area (Å²) in [6, 6.07) is 14.4. The quantitative estimate of drug-likeness (QED) is 0.733. The van der Waals surface area contributed by atoms with Crippen LogP contribution >= 0.6 is 11.6 Å². The third-order valence-electron chi connectivity index (χ3n) is 3.80. The molecule has 3 aromatic rings. The zero-order valence-electron chi connectivity index (χ0n) is 13.9. The number of aryl methyl sites for hydroxylation is 2. The lowest BCUT2D eigenvalue weighted by Crippen LogP contribution is -2.15. The second-order valence-corrected chi connectivity index (χ2v) is 7.92. The number of anilines is 1. The van der Waals surface area contributed by atoms with Gasteiger partial charge >= 0.3 is 0 Å². The minimum Gasteiger partial charge on any atom is -0.266 e. The number of benzene rings is 2.